The van der Waals surface area contributed by atoms with Crippen LogP contribution in [-0.2, 0) is 9.59 Å². The van der Waals surface area contributed by atoms with Crippen LogP contribution in [0, 0.1) is 5.92 Å². The van der Waals surface area contributed by atoms with Gasteiger partial charge in [0, 0.05) is 6.42 Å². The van der Waals surface area contributed by atoms with Gasteiger partial charge >= 0.3 is 25.6 Å². The normalized spacial score (nSPS) is 12.9. The first-order chi connectivity index (χ1) is 11.1. The lowest BCUT2D eigenvalue weighted by atomic mass is 10.1. The molecule has 1 aromatic rings. The van der Waals surface area contributed by atoms with Gasteiger partial charge in [0.15, 0.2) is 0 Å². The minimum atomic E-state index is -3.79. The summed E-state index contributed by atoms with van der Waals surface area (Å²) in [5, 5.41) is 26.4. The molecule has 0 aliphatic heterocycles. The lowest BCUT2D eigenvalue weighted by Gasteiger charge is -2.13. The van der Waals surface area contributed by atoms with E-state index < -0.39 is 44.1 Å². The number of carbonyl (C=O) groups is 3. The molecule has 1 rings (SSSR count). The van der Waals surface area contributed by atoms with Crippen LogP contribution in [0.2, 0.25) is 0 Å². The summed E-state index contributed by atoms with van der Waals surface area (Å²) in [6, 6.07) is 5.30. The molecule has 0 radical (unpaired) electrons. The molecule has 0 aromatic heterocycles. The predicted molar refractivity (Wildman–Crippen MR) is 85.8 cm³/mol. The van der Waals surface area contributed by atoms with Crippen molar-refractivity contribution in [3.8, 4) is 0 Å². The smallest absolute Gasteiger partial charge is 0.335 e. The highest BCUT2D eigenvalue weighted by molar-refractivity contribution is 7.79. The highest BCUT2D eigenvalue weighted by Gasteiger charge is 2.38. The number of aromatic carboxylic acids is 1. The van der Waals surface area contributed by atoms with Crippen molar-refractivity contribution in [3.63, 3.8) is 0 Å². The van der Waals surface area contributed by atoms with Gasteiger partial charge in [-0.2, -0.15) is 0 Å². The Morgan fingerprint density at radius 3 is 2.12 bits per heavy atom. The topological polar surface area (TPSA) is 165 Å². The number of aliphatic imine (C=N–C) groups is 1. The predicted octanol–water partition coefficient (Wildman–Crippen LogP) is 1.44. The maximum absolute atomic E-state index is 11.1. The molecule has 0 spiro atoms. The van der Waals surface area contributed by atoms with Crippen molar-refractivity contribution in [1.29, 1.82) is 0 Å². The second-order valence-electron chi connectivity index (χ2n) is 5.03. The Bertz CT molecular complexity index is 641. The Kier molecular flexibility index (Phi) is 6.97. The summed E-state index contributed by atoms with van der Waals surface area (Å²) in [5.41, 5.74) is 0.313. The van der Waals surface area contributed by atoms with Crippen LogP contribution in [-0.4, -0.2) is 55.1 Å². The van der Waals surface area contributed by atoms with Crippen molar-refractivity contribution in [3.05, 3.63) is 29.8 Å². The van der Waals surface area contributed by atoms with Crippen molar-refractivity contribution in [2.45, 2.75) is 12.8 Å². The second-order valence-corrected chi connectivity index (χ2v) is 7.20. The van der Waals surface area contributed by atoms with Crippen molar-refractivity contribution >= 4 is 37.3 Å². The van der Waals surface area contributed by atoms with Gasteiger partial charge in [0.2, 0.25) is 5.96 Å². The van der Waals surface area contributed by atoms with E-state index in [0.29, 0.717) is 0 Å². The summed E-state index contributed by atoms with van der Waals surface area (Å²) in [5.74, 6) is -3.99. The van der Waals surface area contributed by atoms with Gasteiger partial charge in [0.1, 0.15) is 6.16 Å². The van der Waals surface area contributed by atoms with Crippen LogP contribution < -0.4 is 0 Å². The third-order valence-corrected chi connectivity index (χ3v) is 4.51. The first-order valence-corrected chi connectivity index (χ1v) is 8.72. The number of hydrogen-bond donors (Lipinski definition) is 5. The number of carboxylic acids is 3. The van der Waals surface area contributed by atoms with Crippen molar-refractivity contribution in [2.75, 3.05) is 6.16 Å². The van der Waals surface area contributed by atoms with Crippen LogP contribution in [0.1, 0.15) is 23.2 Å². The molecule has 5 N–H and O–H groups in total. The molecule has 0 aliphatic carbocycles. The van der Waals surface area contributed by atoms with Crippen LogP contribution in [0.25, 0.3) is 0 Å². The Morgan fingerprint density at radius 1 is 1.08 bits per heavy atom. The average Bonchev–Trinajstić information content (AvgIpc) is 2.49. The van der Waals surface area contributed by atoms with E-state index in [-0.39, 0.29) is 17.7 Å². The summed E-state index contributed by atoms with van der Waals surface area (Å²) in [4.78, 5) is 55.9. The largest absolute Gasteiger partial charge is 0.481 e. The number of aliphatic carboxylic acids is 2. The first kappa shape index (κ1) is 19.7. The molecule has 0 aliphatic rings. The molecule has 1 unspecified atom stereocenters. The molecule has 9 nitrogen and oxygen atoms in total. The average molecular weight is 358 g/mol. The van der Waals surface area contributed by atoms with Gasteiger partial charge in [-0.15, -0.1) is 0 Å². The summed E-state index contributed by atoms with van der Waals surface area (Å²) in [7, 11) is -3.79. The zero-order valence-electron chi connectivity index (χ0n) is 12.4. The molecule has 0 saturated carbocycles. The van der Waals surface area contributed by atoms with Crippen molar-refractivity contribution in [2.24, 2.45) is 10.9 Å². The van der Waals surface area contributed by atoms with Gasteiger partial charge in [-0.05, 0) is 30.7 Å². The fourth-order valence-electron chi connectivity index (χ4n) is 1.81. The van der Waals surface area contributed by atoms with E-state index in [1.54, 1.807) is 0 Å². The lowest BCUT2D eigenvalue weighted by molar-refractivity contribution is -0.142. The zero-order valence-corrected chi connectivity index (χ0v) is 13.3. The van der Waals surface area contributed by atoms with Crippen LogP contribution in [0.15, 0.2) is 29.3 Å². The summed E-state index contributed by atoms with van der Waals surface area (Å²) in [6.45, 7) is 0. The van der Waals surface area contributed by atoms with Crippen LogP contribution >= 0.6 is 7.72 Å². The Balaban J connectivity index is 2.76. The van der Waals surface area contributed by atoms with Crippen LogP contribution in [0.4, 0.5) is 5.69 Å². The Hall–Kier alpha value is -2.35. The highest BCUT2D eigenvalue weighted by atomic mass is 31.2. The molecule has 1 atom stereocenters. The van der Waals surface area contributed by atoms with Gasteiger partial charge in [0.25, 0.3) is 0 Å². The third kappa shape index (κ3) is 6.82. The second kappa shape index (κ2) is 8.49. The highest BCUT2D eigenvalue weighted by Crippen LogP contribution is 2.49. The van der Waals surface area contributed by atoms with Gasteiger partial charge in [-0.25, -0.2) is 19.6 Å². The van der Waals surface area contributed by atoms with Crippen molar-refractivity contribution < 1.29 is 39.5 Å². The quantitative estimate of drug-likeness (QED) is 0.327. The fourth-order valence-corrected chi connectivity index (χ4v) is 3.21. The van der Waals surface area contributed by atoms with Gasteiger partial charge in [-0.3, -0.25) is 9.59 Å². The molecular formula is C14H17NO8P+. The minimum Gasteiger partial charge on any atom is -0.481 e. The first-order valence-electron chi connectivity index (χ1n) is 6.77. The van der Waals surface area contributed by atoms with E-state index in [1.807, 2.05) is 0 Å². The van der Waals surface area contributed by atoms with Gasteiger partial charge in [-0.1, -0.05) is 0 Å². The van der Waals surface area contributed by atoms with E-state index in [9.17, 15) is 24.2 Å². The molecule has 1 aromatic carbocycles. The van der Waals surface area contributed by atoms with Crippen molar-refractivity contribution in [1.82, 2.24) is 0 Å². The van der Waals surface area contributed by atoms with Crippen LogP contribution in [0.3, 0.4) is 0 Å². The maximum atomic E-state index is 11.1. The number of nitrogens with zero attached hydrogens (tertiary/aromatic N) is 1. The molecule has 0 heterocycles. The number of hydrogen-bond acceptors (Lipinski definition) is 6. The minimum absolute atomic E-state index is 0.0441. The molecule has 24 heavy (non-hydrogen) atoms. The van der Waals surface area contributed by atoms with Gasteiger partial charge in [0.05, 0.1) is 17.2 Å². The lowest BCUT2D eigenvalue weighted by Crippen LogP contribution is -2.21. The Labute approximate surface area is 137 Å². The summed E-state index contributed by atoms with van der Waals surface area (Å²) in [6.07, 6.45) is -1.15. The molecule has 10 heteroatoms. The van der Waals surface area contributed by atoms with Gasteiger partial charge < -0.3 is 15.3 Å². The standard InChI is InChI=1S/C14H16NO8P/c16-12(17)6-3-10(14(20)21)7-24(22,23)8-15-11-4-1-9(2-5-11)13(18)19/h1-2,4-5,8,10,22-23H,3,6-7H2,(H2-,16,17,18,19,20,21)/p+1. The van der Waals surface area contributed by atoms with E-state index in [4.69, 9.17) is 15.3 Å². The van der Waals surface area contributed by atoms with E-state index in [2.05, 4.69) is 4.99 Å². The van der Waals surface area contributed by atoms with E-state index in [1.165, 1.54) is 24.3 Å². The molecule has 0 saturated heterocycles. The van der Waals surface area contributed by atoms with Crippen LogP contribution in [0.5, 0.6) is 0 Å². The summed E-state index contributed by atoms with van der Waals surface area (Å²) < 4.78 is 0. The van der Waals surface area contributed by atoms with E-state index in [0.717, 1.165) is 5.96 Å². The zero-order chi connectivity index (χ0) is 18.3. The molecule has 0 fully saturated rings. The van der Waals surface area contributed by atoms with E-state index >= 15 is 0 Å². The molecule has 0 bridgehead atoms. The SMILES string of the molecule is O=C(O)CCC(C[P+](O)(O)C=Nc1ccc(C(=O)O)cc1)C(=O)O. The Morgan fingerprint density at radius 2 is 1.67 bits per heavy atom. The maximum Gasteiger partial charge on any atom is 0.335 e. The number of carboxylic acid groups (broad SMARTS) is 3. The number of benzene rings is 1. The number of rotatable bonds is 9. The fraction of sp³-hybridized carbons (Fsp3) is 0.286. The summed E-state index contributed by atoms with van der Waals surface area (Å²) >= 11 is 0. The molecular weight excluding hydrogens is 341 g/mol. The monoisotopic (exact) mass is 358 g/mol. The third-order valence-electron chi connectivity index (χ3n) is 3.05. The molecule has 0 amide bonds. The molecule has 130 valence electrons.